The molecule has 0 saturated carbocycles. The molecule has 0 amide bonds. The number of benzene rings is 4. The van der Waals surface area contributed by atoms with Gasteiger partial charge in [0.05, 0.1) is 18.6 Å². The number of aliphatic hydroxyl groups is 1. The topological polar surface area (TPSA) is 38.7 Å². The SMILES string of the molecule is COc1ccc2cc(C(Cl)C(c3cccc(Oc4ccccc4)c3)C(C)O)ccc2c1. The third-order valence-electron chi connectivity index (χ3n) is 5.45. The number of aliphatic hydroxyl groups excluding tert-OH is 1. The second-order valence-electron chi connectivity index (χ2n) is 7.63. The fourth-order valence-corrected chi connectivity index (χ4v) is 4.34. The molecule has 4 heteroatoms. The van der Waals surface area contributed by atoms with Crippen molar-refractivity contribution in [1.29, 1.82) is 0 Å². The molecule has 0 heterocycles. The Hall–Kier alpha value is -3.01. The molecule has 4 aromatic carbocycles. The van der Waals surface area contributed by atoms with Gasteiger partial charge in [-0.05, 0) is 71.3 Å². The van der Waals surface area contributed by atoms with Crippen LogP contribution in [0.25, 0.3) is 10.8 Å². The number of rotatable bonds is 7. The summed E-state index contributed by atoms with van der Waals surface area (Å²) >= 11 is 6.95. The molecule has 0 saturated heterocycles. The highest BCUT2D eigenvalue weighted by atomic mass is 35.5. The van der Waals surface area contributed by atoms with Crippen LogP contribution in [0.5, 0.6) is 17.2 Å². The summed E-state index contributed by atoms with van der Waals surface area (Å²) in [6.45, 7) is 1.77. The fraction of sp³-hybridized carbons (Fsp3) is 0.185. The Labute approximate surface area is 187 Å². The maximum Gasteiger partial charge on any atom is 0.127 e. The minimum Gasteiger partial charge on any atom is -0.497 e. The van der Waals surface area contributed by atoms with Gasteiger partial charge in [0.1, 0.15) is 17.2 Å². The number of halogens is 1. The van der Waals surface area contributed by atoms with E-state index in [0.29, 0.717) is 5.75 Å². The first-order chi connectivity index (χ1) is 15.0. The highest BCUT2D eigenvalue weighted by Gasteiger charge is 2.28. The molecule has 0 bridgehead atoms. The molecule has 158 valence electrons. The fourth-order valence-electron chi connectivity index (χ4n) is 3.85. The van der Waals surface area contributed by atoms with E-state index in [1.54, 1.807) is 14.0 Å². The highest BCUT2D eigenvalue weighted by Crippen LogP contribution is 2.41. The smallest absolute Gasteiger partial charge is 0.127 e. The van der Waals surface area contributed by atoms with Gasteiger partial charge >= 0.3 is 0 Å². The monoisotopic (exact) mass is 432 g/mol. The molecule has 0 aromatic heterocycles. The molecule has 0 aliphatic carbocycles. The molecule has 4 aromatic rings. The molecule has 0 fully saturated rings. The lowest BCUT2D eigenvalue weighted by Crippen LogP contribution is -2.19. The average Bonchev–Trinajstić information content (AvgIpc) is 2.79. The van der Waals surface area contributed by atoms with Crippen molar-refractivity contribution < 1.29 is 14.6 Å². The van der Waals surface area contributed by atoms with Gasteiger partial charge in [0.2, 0.25) is 0 Å². The third-order valence-corrected chi connectivity index (χ3v) is 5.97. The van der Waals surface area contributed by atoms with E-state index in [0.717, 1.165) is 33.4 Å². The zero-order valence-electron chi connectivity index (χ0n) is 17.5. The van der Waals surface area contributed by atoms with E-state index >= 15 is 0 Å². The number of ether oxygens (including phenoxy) is 2. The van der Waals surface area contributed by atoms with Crippen molar-refractivity contribution in [3.8, 4) is 17.2 Å². The van der Waals surface area contributed by atoms with Crippen LogP contribution in [0.1, 0.15) is 29.3 Å². The van der Waals surface area contributed by atoms with Gasteiger partial charge in [0, 0.05) is 5.92 Å². The van der Waals surface area contributed by atoms with Crippen LogP contribution in [0.15, 0.2) is 91.0 Å². The van der Waals surface area contributed by atoms with E-state index in [1.807, 2.05) is 84.9 Å². The van der Waals surface area contributed by atoms with Crippen LogP contribution in [0.4, 0.5) is 0 Å². The minimum atomic E-state index is -0.638. The quantitative estimate of drug-likeness (QED) is 0.317. The molecule has 4 rings (SSSR count). The molecule has 31 heavy (non-hydrogen) atoms. The Kier molecular flexibility index (Phi) is 6.45. The number of hydrogen-bond acceptors (Lipinski definition) is 3. The van der Waals surface area contributed by atoms with Gasteiger partial charge in [0.25, 0.3) is 0 Å². The van der Waals surface area contributed by atoms with Crippen LogP contribution in [0.2, 0.25) is 0 Å². The van der Waals surface area contributed by atoms with Crippen molar-refractivity contribution in [2.24, 2.45) is 0 Å². The minimum absolute atomic E-state index is 0.295. The second kappa shape index (κ2) is 9.42. The standard InChI is InChI=1S/C27H25ClO3/c1-18(29)26(21-7-6-10-25(17-21)31-23-8-4-3-5-9-23)27(28)22-12-11-20-16-24(30-2)14-13-19(20)15-22/h3-18,26-27,29H,1-2H3. The van der Waals surface area contributed by atoms with Gasteiger partial charge < -0.3 is 14.6 Å². The largest absolute Gasteiger partial charge is 0.497 e. The maximum absolute atomic E-state index is 10.6. The first-order valence-electron chi connectivity index (χ1n) is 10.3. The van der Waals surface area contributed by atoms with E-state index in [4.69, 9.17) is 21.1 Å². The van der Waals surface area contributed by atoms with Crippen molar-refractivity contribution >= 4 is 22.4 Å². The van der Waals surface area contributed by atoms with Crippen LogP contribution < -0.4 is 9.47 Å². The predicted molar refractivity (Wildman–Crippen MR) is 126 cm³/mol. The number of methoxy groups -OCH3 is 1. The second-order valence-corrected chi connectivity index (χ2v) is 8.10. The Balaban J connectivity index is 1.64. The molecule has 3 nitrogen and oxygen atoms in total. The summed E-state index contributed by atoms with van der Waals surface area (Å²) in [5.41, 5.74) is 1.89. The number of alkyl halides is 1. The Morgan fingerprint density at radius 1 is 0.710 bits per heavy atom. The Bertz CT molecular complexity index is 1160. The summed E-state index contributed by atoms with van der Waals surface area (Å²) < 4.78 is 11.3. The molecule has 0 aliphatic heterocycles. The molecule has 1 N–H and O–H groups in total. The predicted octanol–water partition coefficient (Wildman–Crippen LogP) is 7.09. The van der Waals surface area contributed by atoms with Crippen LogP contribution in [-0.2, 0) is 0 Å². The summed E-state index contributed by atoms with van der Waals surface area (Å²) in [5, 5.41) is 12.4. The molecule has 0 radical (unpaired) electrons. The van der Waals surface area contributed by atoms with E-state index in [2.05, 4.69) is 6.07 Å². The lowest BCUT2D eigenvalue weighted by molar-refractivity contribution is 0.159. The average molecular weight is 433 g/mol. The molecular formula is C27H25ClO3. The van der Waals surface area contributed by atoms with Gasteiger partial charge in [0.15, 0.2) is 0 Å². The summed E-state index contributed by atoms with van der Waals surface area (Å²) in [6.07, 6.45) is -0.638. The van der Waals surface area contributed by atoms with E-state index in [-0.39, 0.29) is 5.92 Å². The molecule has 3 atom stereocenters. The Morgan fingerprint density at radius 2 is 1.42 bits per heavy atom. The summed E-state index contributed by atoms with van der Waals surface area (Å²) in [7, 11) is 1.66. The van der Waals surface area contributed by atoms with Crippen molar-refractivity contribution in [2.45, 2.75) is 24.3 Å². The van der Waals surface area contributed by atoms with E-state index in [9.17, 15) is 5.11 Å². The van der Waals surface area contributed by atoms with Gasteiger partial charge in [-0.2, -0.15) is 0 Å². The Morgan fingerprint density at radius 3 is 2.16 bits per heavy atom. The van der Waals surface area contributed by atoms with Crippen molar-refractivity contribution in [3.63, 3.8) is 0 Å². The number of para-hydroxylation sites is 1. The zero-order valence-corrected chi connectivity index (χ0v) is 18.3. The summed E-state index contributed by atoms with van der Waals surface area (Å²) in [5.74, 6) is 2.00. The van der Waals surface area contributed by atoms with Crippen LogP contribution >= 0.6 is 11.6 Å². The number of hydrogen-bond donors (Lipinski definition) is 1. The van der Waals surface area contributed by atoms with Gasteiger partial charge in [-0.25, -0.2) is 0 Å². The summed E-state index contributed by atoms with van der Waals surface area (Å²) in [6, 6.07) is 29.5. The lowest BCUT2D eigenvalue weighted by Gasteiger charge is -2.26. The maximum atomic E-state index is 10.6. The molecule has 0 spiro atoms. The highest BCUT2D eigenvalue weighted by molar-refractivity contribution is 6.21. The van der Waals surface area contributed by atoms with Gasteiger partial charge in [-0.3, -0.25) is 0 Å². The summed E-state index contributed by atoms with van der Waals surface area (Å²) in [4.78, 5) is 0. The normalized spacial score (nSPS) is 14.1. The van der Waals surface area contributed by atoms with Crippen molar-refractivity contribution in [1.82, 2.24) is 0 Å². The van der Waals surface area contributed by atoms with Crippen LogP contribution in [0, 0.1) is 0 Å². The van der Waals surface area contributed by atoms with Crippen molar-refractivity contribution in [2.75, 3.05) is 7.11 Å². The first-order valence-corrected chi connectivity index (χ1v) is 10.7. The van der Waals surface area contributed by atoms with Gasteiger partial charge in [-0.15, -0.1) is 11.6 Å². The molecule has 0 aliphatic rings. The van der Waals surface area contributed by atoms with Crippen LogP contribution in [0.3, 0.4) is 0 Å². The first kappa shape index (κ1) is 21.2. The van der Waals surface area contributed by atoms with E-state index < -0.39 is 11.5 Å². The van der Waals surface area contributed by atoms with E-state index in [1.165, 1.54) is 0 Å². The van der Waals surface area contributed by atoms with Gasteiger partial charge in [-0.1, -0.05) is 48.5 Å². The number of fused-ring (bicyclic) bond motifs is 1. The third kappa shape index (κ3) is 4.84. The molecular weight excluding hydrogens is 408 g/mol. The van der Waals surface area contributed by atoms with Crippen molar-refractivity contribution in [3.05, 3.63) is 102 Å². The lowest BCUT2D eigenvalue weighted by atomic mass is 9.87. The molecule has 3 unspecified atom stereocenters. The van der Waals surface area contributed by atoms with Crippen LogP contribution in [-0.4, -0.2) is 18.3 Å². The zero-order chi connectivity index (χ0) is 21.8.